The largest absolute Gasteiger partial charge is 0.457 e. The summed E-state index contributed by atoms with van der Waals surface area (Å²) >= 11 is 4.60. The van der Waals surface area contributed by atoms with Gasteiger partial charge < -0.3 is 24.4 Å². The van der Waals surface area contributed by atoms with Crippen LogP contribution in [-0.4, -0.2) is 63.0 Å². The first-order valence-electron chi connectivity index (χ1n) is 9.43. The second kappa shape index (κ2) is 9.38. The van der Waals surface area contributed by atoms with E-state index in [4.69, 9.17) is 4.74 Å². The molecule has 2 aliphatic heterocycles. The maximum atomic E-state index is 14.7. The summed E-state index contributed by atoms with van der Waals surface area (Å²) in [5, 5.41) is 2.46. The zero-order valence-corrected chi connectivity index (χ0v) is 17.6. The quantitative estimate of drug-likeness (QED) is 0.545. The number of benzene rings is 1. The Morgan fingerprint density at radius 3 is 2.52 bits per heavy atom. The minimum absolute atomic E-state index is 0.0922. The number of carbonyl (C=O) groups is 4. The Hall–Kier alpha value is -3.08. The third-order valence-corrected chi connectivity index (χ3v) is 5.05. The van der Waals surface area contributed by atoms with Gasteiger partial charge in [-0.15, -0.1) is 0 Å². The minimum atomic E-state index is -0.773. The number of ether oxygens (including phenoxy) is 3. The van der Waals surface area contributed by atoms with Crippen LogP contribution in [0.3, 0.4) is 0 Å². The number of rotatable bonds is 4. The first-order valence-corrected chi connectivity index (χ1v) is 9.80. The second-order valence-corrected chi connectivity index (χ2v) is 7.35. The van der Waals surface area contributed by atoms with Gasteiger partial charge in [-0.2, -0.15) is 0 Å². The van der Waals surface area contributed by atoms with E-state index in [1.54, 1.807) is 11.0 Å². The Labute approximate surface area is 182 Å². The van der Waals surface area contributed by atoms with Gasteiger partial charge in [0.2, 0.25) is 5.91 Å². The molecule has 1 aromatic carbocycles. The van der Waals surface area contributed by atoms with Gasteiger partial charge in [0, 0.05) is 17.6 Å². The summed E-state index contributed by atoms with van der Waals surface area (Å²) < 4.78 is 28.2. The van der Waals surface area contributed by atoms with E-state index in [-0.39, 0.29) is 31.5 Å². The highest BCUT2D eigenvalue weighted by Gasteiger charge is 2.41. The van der Waals surface area contributed by atoms with Crippen molar-refractivity contribution in [3.63, 3.8) is 0 Å². The topological polar surface area (TPSA) is 114 Å². The van der Waals surface area contributed by atoms with Crippen LogP contribution in [-0.2, 0) is 25.4 Å². The van der Waals surface area contributed by atoms with Crippen LogP contribution < -0.4 is 15.1 Å². The molecule has 0 bridgehead atoms. The summed E-state index contributed by atoms with van der Waals surface area (Å²) in [6.45, 7) is 0.262. The van der Waals surface area contributed by atoms with Gasteiger partial charge in [0.1, 0.15) is 11.9 Å². The van der Waals surface area contributed by atoms with E-state index in [2.05, 4.69) is 26.4 Å². The lowest BCUT2D eigenvalue weighted by atomic mass is 10.1. The number of hydrogen-bond donors (Lipinski definition) is 1. The summed E-state index contributed by atoms with van der Waals surface area (Å²) in [6.07, 6.45) is 0.0975. The normalized spacial score (nSPS) is 19.3. The standard InChI is InChI=1S/C17H18FN3O5.C2H3ClO2/c1-25-16(23)19-7-12-8-20(17(24)26-12)11-4-9-5-14(22)21(10-2-3-10)15(9)13(18)6-11;1-5-2(3)4/h4,6,10,12H,2-3,5,7-8H2,1H3,(H,19,23);1H3/t12-;/m0./s1. The fourth-order valence-corrected chi connectivity index (χ4v) is 3.40. The molecule has 1 saturated carbocycles. The Balaban J connectivity index is 0.000000491. The Morgan fingerprint density at radius 2 is 1.94 bits per heavy atom. The van der Waals surface area contributed by atoms with Crippen molar-refractivity contribution in [2.45, 2.75) is 31.4 Å². The van der Waals surface area contributed by atoms with Crippen LogP contribution in [0.2, 0.25) is 0 Å². The summed E-state index contributed by atoms with van der Waals surface area (Å²) in [5.41, 5.74) is 0.487. The van der Waals surface area contributed by atoms with Crippen molar-refractivity contribution in [1.29, 1.82) is 0 Å². The molecular weight excluding hydrogens is 437 g/mol. The van der Waals surface area contributed by atoms with E-state index < -0.39 is 29.5 Å². The van der Waals surface area contributed by atoms with Crippen LogP contribution in [0.15, 0.2) is 12.1 Å². The maximum Gasteiger partial charge on any atom is 0.414 e. The molecule has 0 aromatic heterocycles. The summed E-state index contributed by atoms with van der Waals surface area (Å²) in [6, 6.07) is 3.01. The predicted molar refractivity (Wildman–Crippen MR) is 107 cm³/mol. The first-order chi connectivity index (χ1) is 14.7. The molecule has 10 nitrogen and oxygen atoms in total. The van der Waals surface area contributed by atoms with Crippen molar-refractivity contribution in [2.24, 2.45) is 0 Å². The summed E-state index contributed by atoms with van der Waals surface area (Å²) in [4.78, 5) is 47.6. The highest BCUT2D eigenvalue weighted by Crippen LogP contribution is 2.42. The number of anilines is 2. The molecule has 1 N–H and O–H groups in total. The number of halogens is 2. The maximum absolute atomic E-state index is 14.7. The third kappa shape index (κ3) is 5.16. The number of nitrogens with zero attached hydrogens (tertiary/aromatic N) is 2. The molecule has 1 saturated heterocycles. The van der Waals surface area contributed by atoms with Gasteiger partial charge in [-0.3, -0.25) is 9.69 Å². The molecule has 0 radical (unpaired) electrons. The zero-order chi connectivity index (χ0) is 22.7. The van der Waals surface area contributed by atoms with Gasteiger partial charge in [0.15, 0.2) is 0 Å². The molecule has 0 unspecified atom stereocenters. The molecule has 3 aliphatic rings. The van der Waals surface area contributed by atoms with Crippen molar-refractivity contribution in [3.8, 4) is 0 Å². The van der Waals surface area contributed by atoms with Crippen LogP contribution in [0, 0.1) is 5.82 Å². The molecule has 1 atom stereocenters. The number of carbonyl (C=O) groups excluding carboxylic acids is 4. The van der Waals surface area contributed by atoms with Gasteiger partial charge in [-0.1, -0.05) is 0 Å². The van der Waals surface area contributed by atoms with Gasteiger partial charge in [0.05, 0.1) is 45.1 Å². The average Bonchev–Trinajstić information content (AvgIpc) is 3.41. The summed E-state index contributed by atoms with van der Waals surface area (Å²) in [5.74, 6) is -0.623. The third-order valence-electron chi connectivity index (χ3n) is 4.90. The lowest BCUT2D eigenvalue weighted by molar-refractivity contribution is -0.117. The number of hydrogen-bond acceptors (Lipinski definition) is 7. The lowest BCUT2D eigenvalue weighted by Crippen LogP contribution is -2.34. The van der Waals surface area contributed by atoms with Crippen LogP contribution in [0.25, 0.3) is 0 Å². The molecule has 4 rings (SSSR count). The fraction of sp³-hybridized carbons (Fsp3) is 0.474. The fourth-order valence-electron chi connectivity index (χ4n) is 3.40. The number of alkyl carbamates (subject to hydrolysis) is 1. The van der Waals surface area contributed by atoms with Gasteiger partial charge in [0.25, 0.3) is 0 Å². The van der Waals surface area contributed by atoms with Crippen LogP contribution >= 0.6 is 11.6 Å². The molecule has 2 fully saturated rings. The zero-order valence-electron chi connectivity index (χ0n) is 16.9. The Morgan fingerprint density at radius 1 is 1.26 bits per heavy atom. The average molecular weight is 458 g/mol. The lowest BCUT2D eigenvalue weighted by Gasteiger charge is -2.19. The smallest absolute Gasteiger partial charge is 0.414 e. The van der Waals surface area contributed by atoms with Crippen molar-refractivity contribution in [2.75, 3.05) is 37.1 Å². The van der Waals surface area contributed by atoms with E-state index >= 15 is 0 Å². The first kappa shape index (κ1) is 22.6. The molecule has 2 heterocycles. The number of cyclic esters (lactones) is 1. The number of fused-ring (bicyclic) bond motifs is 1. The van der Waals surface area contributed by atoms with Crippen molar-refractivity contribution in [3.05, 3.63) is 23.5 Å². The van der Waals surface area contributed by atoms with Gasteiger partial charge in [-0.25, -0.2) is 18.8 Å². The van der Waals surface area contributed by atoms with Crippen LogP contribution in [0.4, 0.5) is 30.1 Å². The number of methoxy groups -OCH3 is 2. The van der Waals surface area contributed by atoms with Crippen molar-refractivity contribution < 1.29 is 37.8 Å². The predicted octanol–water partition coefficient (Wildman–Crippen LogP) is 2.55. The van der Waals surface area contributed by atoms with E-state index in [1.807, 2.05) is 0 Å². The molecule has 3 amide bonds. The van der Waals surface area contributed by atoms with Crippen LogP contribution in [0.1, 0.15) is 18.4 Å². The van der Waals surface area contributed by atoms with Crippen molar-refractivity contribution >= 4 is 46.5 Å². The molecular formula is C19H21ClFN3O7. The van der Waals surface area contributed by atoms with E-state index in [0.717, 1.165) is 12.8 Å². The molecule has 31 heavy (non-hydrogen) atoms. The van der Waals surface area contributed by atoms with E-state index in [9.17, 15) is 23.6 Å². The van der Waals surface area contributed by atoms with Gasteiger partial charge >= 0.3 is 17.6 Å². The van der Waals surface area contributed by atoms with E-state index in [1.165, 1.54) is 25.2 Å². The Kier molecular flexibility index (Phi) is 6.84. The molecule has 12 heteroatoms. The minimum Gasteiger partial charge on any atom is -0.457 e. The number of nitrogens with one attached hydrogen (secondary N) is 1. The molecule has 1 aliphatic carbocycles. The SMILES string of the molecule is COC(=O)Cl.COC(=O)NC[C@H]1CN(c2cc(F)c3c(c2)CC(=O)N3C2CC2)C(=O)O1. The molecule has 168 valence electrons. The van der Waals surface area contributed by atoms with Crippen molar-refractivity contribution in [1.82, 2.24) is 5.32 Å². The monoisotopic (exact) mass is 457 g/mol. The van der Waals surface area contributed by atoms with E-state index in [0.29, 0.717) is 16.9 Å². The molecule has 0 spiro atoms. The Bertz CT molecular complexity index is 909. The highest BCUT2D eigenvalue weighted by molar-refractivity contribution is 6.61. The second-order valence-electron chi connectivity index (χ2n) is 7.04. The molecule has 1 aromatic rings. The van der Waals surface area contributed by atoms with Crippen LogP contribution in [0.5, 0.6) is 0 Å². The van der Waals surface area contributed by atoms with Gasteiger partial charge in [-0.05, 0) is 30.5 Å². The summed E-state index contributed by atoms with van der Waals surface area (Å²) in [7, 11) is 2.46. The number of amides is 3. The highest BCUT2D eigenvalue weighted by atomic mass is 35.5.